The molecule has 3 aromatic rings. The maximum absolute atomic E-state index is 12.5. The van der Waals surface area contributed by atoms with Crippen molar-refractivity contribution in [2.24, 2.45) is 0 Å². The summed E-state index contributed by atoms with van der Waals surface area (Å²) >= 11 is 0. The second-order valence-electron chi connectivity index (χ2n) is 4.41. The lowest BCUT2D eigenvalue weighted by atomic mass is 10.2. The van der Waals surface area contributed by atoms with Gasteiger partial charge in [0.15, 0.2) is 0 Å². The van der Waals surface area contributed by atoms with Crippen molar-refractivity contribution in [3.05, 3.63) is 64.7 Å². The fourth-order valence-corrected chi connectivity index (χ4v) is 2.17. The van der Waals surface area contributed by atoms with E-state index in [4.69, 9.17) is 5.73 Å². The zero-order valence-electron chi connectivity index (χ0n) is 10.9. The Hall–Kier alpha value is -2.33. The maximum Gasteiger partial charge on any atom is 0.265 e. The van der Waals surface area contributed by atoms with E-state index in [0.717, 1.165) is 11.2 Å². The van der Waals surface area contributed by atoms with Gasteiger partial charge < -0.3 is 5.73 Å². The van der Waals surface area contributed by atoms with E-state index in [2.05, 4.69) is 4.98 Å². The average molecular weight is 288 g/mol. The number of rotatable bonds is 1. The molecule has 2 aromatic carbocycles. The number of hydrogen-bond acceptors (Lipinski definition) is 3. The molecule has 0 amide bonds. The van der Waals surface area contributed by atoms with Crippen molar-refractivity contribution in [2.45, 2.75) is 6.92 Å². The zero-order chi connectivity index (χ0) is 13.4. The molecular weight excluding hydrogens is 274 g/mol. The molecule has 0 unspecified atom stereocenters. The molecule has 0 saturated heterocycles. The second-order valence-corrected chi connectivity index (χ2v) is 4.41. The van der Waals surface area contributed by atoms with Gasteiger partial charge in [0, 0.05) is 5.69 Å². The molecule has 0 radical (unpaired) electrons. The predicted molar refractivity (Wildman–Crippen MR) is 83.7 cm³/mol. The number of nitrogen functional groups attached to an aromatic ring is 1. The minimum absolute atomic E-state index is 0. The van der Waals surface area contributed by atoms with Gasteiger partial charge in [0.2, 0.25) is 0 Å². The van der Waals surface area contributed by atoms with Crippen molar-refractivity contribution in [2.75, 3.05) is 5.73 Å². The molecule has 5 heteroatoms. The van der Waals surface area contributed by atoms with Gasteiger partial charge in [-0.2, -0.15) is 0 Å². The highest BCUT2D eigenvalue weighted by atomic mass is 35.5. The Bertz CT molecular complexity index is 809. The van der Waals surface area contributed by atoms with E-state index in [-0.39, 0.29) is 18.0 Å². The fourth-order valence-electron chi connectivity index (χ4n) is 2.17. The molecular formula is C15H14ClN3O. The number of nitrogens with two attached hydrogens (primary N) is 1. The molecule has 1 heterocycles. The van der Waals surface area contributed by atoms with Gasteiger partial charge in [-0.3, -0.25) is 9.36 Å². The third-order valence-corrected chi connectivity index (χ3v) is 3.09. The quantitative estimate of drug-likeness (QED) is 0.700. The van der Waals surface area contributed by atoms with Crippen molar-refractivity contribution in [3.8, 4) is 5.69 Å². The number of nitrogens with zero attached hydrogens (tertiary/aromatic N) is 2. The third-order valence-electron chi connectivity index (χ3n) is 3.09. The monoisotopic (exact) mass is 287 g/mol. The number of halogens is 1. The number of benzene rings is 2. The molecule has 0 aliphatic rings. The second kappa shape index (κ2) is 5.35. The lowest BCUT2D eigenvalue weighted by Gasteiger charge is -2.10. The topological polar surface area (TPSA) is 60.9 Å². The predicted octanol–water partition coefficient (Wildman–Crippen LogP) is 2.70. The summed E-state index contributed by atoms with van der Waals surface area (Å²) in [5.41, 5.74) is 7.77. The summed E-state index contributed by atoms with van der Waals surface area (Å²) < 4.78 is 1.60. The molecule has 0 aliphatic heterocycles. The van der Waals surface area contributed by atoms with Crippen molar-refractivity contribution in [3.63, 3.8) is 0 Å². The van der Waals surface area contributed by atoms with Crippen LogP contribution in [0, 0.1) is 6.92 Å². The summed E-state index contributed by atoms with van der Waals surface area (Å²) in [5, 5.41) is 0.616. The van der Waals surface area contributed by atoms with Gasteiger partial charge in [-0.1, -0.05) is 12.1 Å². The summed E-state index contributed by atoms with van der Waals surface area (Å²) in [6.45, 7) is 1.82. The first kappa shape index (κ1) is 14.1. The minimum Gasteiger partial charge on any atom is -0.399 e. The van der Waals surface area contributed by atoms with Crippen LogP contribution in [0.4, 0.5) is 5.69 Å². The number of aromatic nitrogens is 2. The van der Waals surface area contributed by atoms with Gasteiger partial charge in [-0.15, -0.1) is 12.4 Å². The van der Waals surface area contributed by atoms with Gasteiger partial charge in [-0.05, 0) is 43.3 Å². The van der Waals surface area contributed by atoms with Crippen LogP contribution in [0.15, 0.2) is 53.3 Å². The molecule has 2 N–H and O–H groups in total. The van der Waals surface area contributed by atoms with E-state index in [9.17, 15) is 4.79 Å². The highest BCUT2D eigenvalue weighted by molar-refractivity contribution is 5.85. The first-order valence-corrected chi connectivity index (χ1v) is 6.01. The first-order chi connectivity index (χ1) is 9.16. The normalized spacial score (nSPS) is 10.2. The molecule has 0 atom stereocenters. The molecule has 0 aliphatic carbocycles. The van der Waals surface area contributed by atoms with Crippen LogP contribution in [-0.2, 0) is 0 Å². The van der Waals surface area contributed by atoms with Crippen molar-refractivity contribution in [1.29, 1.82) is 0 Å². The van der Waals surface area contributed by atoms with Gasteiger partial charge in [0.05, 0.1) is 16.6 Å². The largest absolute Gasteiger partial charge is 0.399 e. The van der Waals surface area contributed by atoms with Crippen LogP contribution in [0.25, 0.3) is 16.6 Å². The van der Waals surface area contributed by atoms with E-state index >= 15 is 0 Å². The molecule has 0 fully saturated rings. The summed E-state index contributed by atoms with van der Waals surface area (Å²) in [7, 11) is 0. The van der Waals surface area contributed by atoms with E-state index in [0.29, 0.717) is 16.9 Å². The summed E-state index contributed by atoms with van der Waals surface area (Å²) in [5.74, 6) is 0.661. The summed E-state index contributed by atoms with van der Waals surface area (Å²) in [4.78, 5) is 17.0. The lowest BCUT2D eigenvalue weighted by Crippen LogP contribution is -2.22. The highest BCUT2D eigenvalue weighted by Gasteiger charge is 2.08. The van der Waals surface area contributed by atoms with Crippen molar-refractivity contribution >= 4 is 29.0 Å². The van der Waals surface area contributed by atoms with E-state index in [1.54, 1.807) is 22.8 Å². The Morgan fingerprint density at radius 3 is 2.40 bits per heavy atom. The van der Waals surface area contributed by atoms with E-state index in [1.807, 2.05) is 37.3 Å². The van der Waals surface area contributed by atoms with Crippen LogP contribution in [0.2, 0.25) is 0 Å². The smallest absolute Gasteiger partial charge is 0.265 e. The van der Waals surface area contributed by atoms with Crippen LogP contribution in [-0.4, -0.2) is 9.55 Å². The Balaban J connectivity index is 0.00000147. The molecule has 3 rings (SSSR count). The number of hydrogen-bond donors (Lipinski definition) is 1. The molecule has 1 aromatic heterocycles. The third kappa shape index (κ3) is 2.26. The number of fused-ring (bicyclic) bond motifs is 1. The number of para-hydroxylation sites is 1. The van der Waals surface area contributed by atoms with Crippen LogP contribution < -0.4 is 11.3 Å². The van der Waals surface area contributed by atoms with Gasteiger partial charge in [0.25, 0.3) is 5.56 Å². The van der Waals surface area contributed by atoms with Crippen LogP contribution in [0.3, 0.4) is 0 Å². The summed E-state index contributed by atoms with van der Waals surface area (Å²) in [6.07, 6.45) is 0. The van der Waals surface area contributed by atoms with Gasteiger partial charge in [-0.25, -0.2) is 4.98 Å². The standard InChI is InChI=1S/C15H13N3O.ClH/c1-10-17-14-5-3-2-4-13(14)15(19)18(10)12-8-6-11(16)7-9-12;/h2-9H,16H2,1H3;1H. The lowest BCUT2D eigenvalue weighted by molar-refractivity contribution is 0.895. The Morgan fingerprint density at radius 1 is 1.05 bits per heavy atom. The highest BCUT2D eigenvalue weighted by Crippen LogP contribution is 2.13. The molecule has 0 spiro atoms. The molecule has 4 nitrogen and oxygen atoms in total. The minimum atomic E-state index is -0.0622. The van der Waals surface area contributed by atoms with Crippen LogP contribution >= 0.6 is 12.4 Å². The van der Waals surface area contributed by atoms with Crippen molar-refractivity contribution < 1.29 is 0 Å². The van der Waals surface area contributed by atoms with Crippen molar-refractivity contribution in [1.82, 2.24) is 9.55 Å². The zero-order valence-corrected chi connectivity index (χ0v) is 11.7. The Kier molecular flexibility index (Phi) is 3.77. The number of anilines is 1. The fraction of sp³-hybridized carbons (Fsp3) is 0.0667. The Labute approximate surface area is 122 Å². The van der Waals surface area contributed by atoms with Gasteiger partial charge >= 0.3 is 0 Å². The molecule has 20 heavy (non-hydrogen) atoms. The SMILES string of the molecule is Cc1nc2ccccc2c(=O)n1-c1ccc(N)cc1.Cl. The first-order valence-electron chi connectivity index (χ1n) is 6.01. The molecule has 0 bridgehead atoms. The van der Waals surface area contributed by atoms with E-state index < -0.39 is 0 Å². The van der Waals surface area contributed by atoms with Crippen LogP contribution in [0.5, 0.6) is 0 Å². The summed E-state index contributed by atoms with van der Waals surface area (Å²) in [6, 6.07) is 14.5. The maximum atomic E-state index is 12.5. The van der Waals surface area contributed by atoms with E-state index in [1.165, 1.54) is 0 Å². The Morgan fingerprint density at radius 2 is 1.70 bits per heavy atom. The van der Waals surface area contributed by atoms with Gasteiger partial charge in [0.1, 0.15) is 5.82 Å². The number of aryl methyl sites for hydroxylation is 1. The average Bonchev–Trinajstić information content (AvgIpc) is 2.41. The molecule has 102 valence electrons. The van der Waals surface area contributed by atoms with Crippen LogP contribution in [0.1, 0.15) is 5.82 Å². The molecule has 0 saturated carbocycles.